The second kappa shape index (κ2) is 6.40. The summed E-state index contributed by atoms with van der Waals surface area (Å²) in [4.78, 5) is 31.1. The van der Waals surface area contributed by atoms with Crippen LogP contribution < -0.4 is 0 Å². The van der Waals surface area contributed by atoms with Crippen LogP contribution in [0, 0.1) is 5.92 Å². The molecule has 3 aliphatic heterocycles. The summed E-state index contributed by atoms with van der Waals surface area (Å²) >= 11 is 0. The number of fused-ring (bicyclic) bond motifs is 1. The summed E-state index contributed by atoms with van der Waals surface area (Å²) in [6, 6.07) is 0.250. The summed E-state index contributed by atoms with van der Waals surface area (Å²) in [7, 11) is 0. The van der Waals surface area contributed by atoms with Crippen LogP contribution in [0.5, 0.6) is 0 Å². The van der Waals surface area contributed by atoms with E-state index < -0.39 is 0 Å². The van der Waals surface area contributed by atoms with Crippen LogP contribution >= 0.6 is 0 Å². The molecule has 0 saturated carbocycles. The molecule has 3 aliphatic rings. The van der Waals surface area contributed by atoms with Crippen molar-refractivity contribution in [3.05, 3.63) is 0 Å². The number of carbonyl (C=O) groups is 2. The lowest BCUT2D eigenvalue weighted by Crippen LogP contribution is -2.70. The maximum absolute atomic E-state index is 12.8. The summed E-state index contributed by atoms with van der Waals surface area (Å²) in [6.07, 6.45) is 1.68. The largest absolute Gasteiger partial charge is 0.381 e. The van der Waals surface area contributed by atoms with Crippen molar-refractivity contribution in [3.8, 4) is 0 Å². The van der Waals surface area contributed by atoms with Crippen LogP contribution in [0.1, 0.15) is 33.6 Å². The molecule has 1 unspecified atom stereocenters. The summed E-state index contributed by atoms with van der Waals surface area (Å²) < 4.78 is 5.37. The van der Waals surface area contributed by atoms with Gasteiger partial charge in [0.1, 0.15) is 0 Å². The Morgan fingerprint density at radius 2 is 1.70 bits per heavy atom. The van der Waals surface area contributed by atoms with Gasteiger partial charge in [-0.2, -0.15) is 0 Å². The van der Waals surface area contributed by atoms with Gasteiger partial charge in [0, 0.05) is 70.4 Å². The summed E-state index contributed by atoms with van der Waals surface area (Å²) in [6.45, 7) is 11.4. The molecule has 3 saturated heterocycles. The van der Waals surface area contributed by atoms with Gasteiger partial charge in [-0.05, 0) is 26.7 Å². The molecule has 130 valence electrons. The Labute approximate surface area is 138 Å². The molecule has 0 aromatic carbocycles. The SMILES string of the molecule is CC(=O)N1CC2CN(C(=O)C3CCOCC3)CCN2C(C)(C)C1. The smallest absolute Gasteiger partial charge is 0.225 e. The summed E-state index contributed by atoms with van der Waals surface area (Å²) in [5.74, 6) is 0.534. The second-order valence-electron chi connectivity index (χ2n) is 7.73. The Bertz CT molecular complexity index is 474. The third-order valence-corrected chi connectivity index (χ3v) is 5.60. The number of carbonyl (C=O) groups excluding carboxylic acids is 2. The Morgan fingerprint density at radius 1 is 1.04 bits per heavy atom. The number of nitrogens with zero attached hydrogens (tertiary/aromatic N) is 3. The molecule has 6 heteroatoms. The lowest BCUT2D eigenvalue weighted by Gasteiger charge is -2.55. The molecular weight excluding hydrogens is 294 g/mol. The van der Waals surface area contributed by atoms with Crippen molar-refractivity contribution in [2.45, 2.75) is 45.2 Å². The van der Waals surface area contributed by atoms with Crippen LogP contribution in [0.2, 0.25) is 0 Å². The molecule has 3 rings (SSSR count). The molecule has 0 aromatic heterocycles. The highest BCUT2D eigenvalue weighted by atomic mass is 16.5. The molecule has 3 fully saturated rings. The number of piperazine rings is 2. The van der Waals surface area contributed by atoms with Gasteiger partial charge in [0.05, 0.1) is 0 Å². The molecule has 0 spiro atoms. The normalized spacial score (nSPS) is 29.3. The predicted octanol–water partition coefficient (Wildman–Crippen LogP) is 0.567. The summed E-state index contributed by atoms with van der Waals surface area (Å²) in [5.41, 5.74) is -0.0254. The van der Waals surface area contributed by atoms with E-state index in [1.54, 1.807) is 6.92 Å². The topological polar surface area (TPSA) is 53.1 Å². The van der Waals surface area contributed by atoms with Gasteiger partial charge in [0.2, 0.25) is 11.8 Å². The fraction of sp³-hybridized carbons (Fsp3) is 0.882. The molecule has 0 N–H and O–H groups in total. The lowest BCUT2D eigenvalue weighted by atomic mass is 9.91. The van der Waals surface area contributed by atoms with E-state index in [9.17, 15) is 9.59 Å². The van der Waals surface area contributed by atoms with E-state index >= 15 is 0 Å². The summed E-state index contributed by atoms with van der Waals surface area (Å²) in [5, 5.41) is 0. The highest BCUT2D eigenvalue weighted by Gasteiger charge is 2.44. The molecule has 1 atom stereocenters. The van der Waals surface area contributed by atoms with Gasteiger partial charge < -0.3 is 14.5 Å². The van der Waals surface area contributed by atoms with Crippen molar-refractivity contribution in [2.75, 3.05) is 45.9 Å². The van der Waals surface area contributed by atoms with E-state index in [4.69, 9.17) is 4.74 Å². The first kappa shape index (κ1) is 16.7. The molecule has 0 aromatic rings. The Kier molecular flexibility index (Phi) is 4.65. The maximum atomic E-state index is 12.8. The second-order valence-corrected chi connectivity index (χ2v) is 7.73. The van der Waals surface area contributed by atoms with Crippen molar-refractivity contribution < 1.29 is 14.3 Å². The van der Waals surface area contributed by atoms with Gasteiger partial charge in [-0.15, -0.1) is 0 Å². The van der Waals surface area contributed by atoms with E-state index in [0.717, 1.165) is 45.6 Å². The first-order chi connectivity index (χ1) is 10.9. The molecule has 23 heavy (non-hydrogen) atoms. The Hall–Kier alpha value is -1.14. The van der Waals surface area contributed by atoms with Gasteiger partial charge in [-0.25, -0.2) is 0 Å². The number of hydrogen-bond donors (Lipinski definition) is 0. The number of rotatable bonds is 1. The molecule has 3 heterocycles. The molecular formula is C17H29N3O3. The van der Waals surface area contributed by atoms with Gasteiger partial charge in [-0.1, -0.05) is 0 Å². The predicted molar refractivity (Wildman–Crippen MR) is 87.0 cm³/mol. The highest BCUT2D eigenvalue weighted by molar-refractivity contribution is 5.79. The zero-order valence-corrected chi connectivity index (χ0v) is 14.6. The molecule has 0 aliphatic carbocycles. The average Bonchev–Trinajstić information content (AvgIpc) is 2.53. The van der Waals surface area contributed by atoms with Gasteiger partial charge in [-0.3, -0.25) is 14.5 Å². The van der Waals surface area contributed by atoms with E-state index in [-0.39, 0.29) is 29.3 Å². The van der Waals surface area contributed by atoms with Gasteiger partial charge in [0.15, 0.2) is 0 Å². The minimum absolute atomic E-state index is 0.0254. The van der Waals surface area contributed by atoms with Crippen molar-refractivity contribution >= 4 is 11.8 Å². The van der Waals surface area contributed by atoms with Crippen molar-refractivity contribution in [1.29, 1.82) is 0 Å². The molecule has 0 bridgehead atoms. The van der Waals surface area contributed by atoms with Crippen LogP contribution in [0.3, 0.4) is 0 Å². The van der Waals surface area contributed by atoms with Crippen LogP contribution in [-0.4, -0.2) is 84.0 Å². The number of amides is 2. The standard InChI is InChI=1S/C17H29N3O3/c1-13(21)19-11-15-10-18(6-7-20(15)17(2,3)12-19)16(22)14-4-8-23-9-5-14/h14-15H,4-12H2,1-3H3. The van der Waals surface area contributed by atoms with Crippen LogP contribution in [0.15, 0.2) is 0 Å². The number of ether oxygens (including phenoxy) is 1. The maximum Gasteiger partial charge on any atom is 0.225 e. The monoisotopic (exact) mass is 323 g/mol. The fourth-order valence-corrected chi connectivity index (χ4v) is 4.33. The average molecular weight is 323 g/mol. The van der Waals surface area contributed by atoms with Crippen LogP contribution in [0.4, 0.5) is 0 Å². The third kappa shape index (κ3) is 3.38. The molecule has 2 amide bonds. The lowest BCUT2D eigenvalue weighted by molar-refractivity contribution is -0.149. The Morgan fingerprint density at radius 3 is 2.35 bits per heavy atom. The van der Waals surface area contributed by atoms with E-state index in [1.807, 2.05) is 9.80 Å². The number of hydrogen-bond acceptors (Lipinski definition) is 4. The van der Waals surface area contributed by atoms with Gasteiger partial charge >= 0.3 is 0 Å². The van der Waals surface area contributed by atoms with Crippen LogP contribution in [0.25, 0.3) is 0 Å². The van der Waals surface area contributed by atoms with Crippen molar-refractivity contribution in [3.63, 3.8) is 0 Å². The van der Waals surface area contributed by atoms with E-state index in [2.05, 4.69) is 18.7 Å². The van der Waals surface area contributed by atoms with E-state index in [1.165, 1.54) is 0 Å². The van der Waals surface area contributed by atoms with E-state index in [0.29, 0.717) is 13.2 Å². The highest BCUT2D eigenvalue weighted by Crippen LogP contribution is 2.29. The minimum Gasteiger partial charge on any atom is -0.381 e. The van der Waals surface area contributed by atoms with Crippen LogP contribution in [-0.2, 0) is 14.3 Å². The zero-order valence-electron chi connectivity index (χ0n) is 14.6. The quantitative estimate of drug-likeness (QED) is 0.708. The van der Waals surface area contributed by atoms with Crippen molar-refractivity contribution in [2.24, 2.45) is 5.92 Å². The van der Waals surface area contributed by atoms with Crippen molar-refractivity contribution in [1.82, 2.24) is 14.7 Å². The minimum atomic E-state index is -0.0254. The zero-order chi connectivity index (χ0) is 16.6. The fourth-order valence-electron chi connectivity index (χ4n) is 4.33. The molecule has 0 radical (unpaired) electrons. The third-order valence-electron chi connectivity index (χ3n) is 5.60. The van der Waals surface area contributed by atoms with Gasteiger partial charge in [0.25, 0.3) is 0 Å². The first-order valence-corrected chi connectivity index (χ1v) is 8.77. The first-order valence-electron chi connectivity index (χ1n) is 8.77. The molecule has 6 nitrogen and oxygen atoms in total. The Balaban J connectivity index is 1.68.